The van der Waals surface area contributed by atoms with Crippen molar-refractivity contribution >= 4 is 65.5 Å². The summed E-state index contributed by atoms with van der Waals surface area (Å²) in [5.74, 6) is -1.34. The van der Waals surface area contributed by atoms with Crippen molar-refractivity contribution in [1.82, 2.24) is 0 Å². The zero-order chi connectivity index (χ0) is 22.5. The number of rotatable bonds is 6. The van der Waals surface area contributed by atoms with Crippen molar-refractivity contribution < 1.29 is 23.4 Å². The molecule has 2 aromatic rings. The molecule has 0 bridgehead atoms. The van der Waals surface area contributed by atoms with Crippen molar-refractivity contribution in [2.24, 2.45) is 16.6 Å². The maximum atomic E-state index is 14.1. The van der Waals surface area contributed by atoms with Gasteiger partial charge >= 0.3 is 7.52 Å². The number of fused-ring (bicyclic) bond motifs is 2. The van der Waals surface area contributed by atoms with Crippen LogP contribution in [-0.4, -0.2) is 59.6 Å². The smallest absolute Gasteiger partial charge is 0.348 e. The number of amidine groups is 1. The summed E-state index contributed by atoms with van der Waals surface area (Å²) in [5, 5.41) is 14.7. The Kier molecular flexibility index (Phi) is 7.16. The van der Waals surface area contributed by atoms with Crippen molar-refractivity contribution in [2.75, 3.05) is 23.4 Å². The summed E-state index contributed by atoms with van der Waals surface area (Å²) in [6, 6.07) is 11.0. The largest absolute Gasteiger partial charge is 0.387 e. The van der Waals surface area contributed by atoms with E-state index in [9.17, 15) is 18.9 Å². The molecule has 10 heteroatoms. The number of para-hydroxylation sites is 1. The van der Waals surface area contributed by atoms with Gasteiger partial charge in [-0.05, 0) is 49.6 Å². The molecule has 0 saturated heterocycles. The van der Waals surface area contributed by atoms with Crippen molar-refractivity contribution in [3.8, 4) is 0 Å². The summed E-state index contributed by atoms with van der Waals surface area (Å²) < 4.78 is 37.6. The molecule has 1 saturated carbocycles. The SMILES string of the molecule is CCOP1(=O)N=C(C2C(=O)N(CCC3CC3)c3ccc(F)cc3C2O)Nc2ccccc21.[Na]. The molecular weight excluding hydrogens is 455 g/mol. The van der Waals surface area contributed by atoms with Crippen LogP contribution < -0.4 is 15.5 Å². The van der Waals surface area contributed by atoms with E-state index < -0.39 is 25.4 Å². The van der Waals surface area contributed by atoms with Gasteiger partial charge in [-0.15, -0.1) is 0 Å². The zero-order valence-electron chi connectivity index (χ0n) is 18.7. The number of amides is 1. The quantitative estimate of drug-likeness (QED) is 0.487. The molecule has 0 spiro atoms. The average Bonchev–Trinajstić information content (AvgIpc) is 3.59. The molecule has 3 atom stereocenters. The van der Waals surface area contributed by atoms with Crippen molar-refractivity contribution in [3.63, 3.8) is 0 Å². The Bertz CT molecular complexity index is 1160. The molecule has 1 radical (unpaired) electrons. The molecule has 1 aliphatic carbocycles. The summed E-state index contributed by atoms with van der Waals surface area (Å²) in [7, 11) is -3.64. The van der Waals surface area contributed by atoms with E-state index in [0.717, 1.165) is 19.3 Å². The van der Waals surface area contributed by atoms with E-state index in [1.165, 1.54) is 18.2 Å². The summed E-state index contributed by atoms with van der Waals surface area (Å²) in [6.45, 7) is 2.36. The maximum Gasteiger partial charge on any atom is 0.348 e. The van der Waals surface area contributed by atoms with Gasteiger partial charge in [-0.2, -0.15) is 4.76 Å². The minimum atomic E-state index is -3.64. The predicted octanol–water partition coefficient (Wildman–Crippen LogP) is 3.62. The van der Waals surface area contributed by atoms with Crippen LogP contribution in [0.3, 0.4) is 0 Å². The molecule has 0 aromatic heterocycles. The van der Waals surface area contributed by atoms with Crippen molar-refractivity contribution in [3.05, 3.63) is 53.8 Å². The second-order valence-corrected chi connectivity index (χ2v) is 10.4. The summed E-state index contributed by atoms with van der Waals surface area (Å²) in [5.41, 5.74) is 1.34. The van der Waals surface area contributed by atoms with Crippen LogP contribution in [0.25, 0.3) is 0 Å². The molecule has 5 rings (SSSR count). The van der Waals surface area contributed by atoms with Gasteiger partial charge in [0.15, 0.2) is 0 Å². The standard InChI is InChI=1S/C23H25FN3O4P.Na/c1-2-31-32(30)19-6-4-3-5-17(19)25-22(26-32)20-21(28)16-13-15(24)9-10-18(16)27(23(20)29)12-11-14-7-8-14;/h3-6,9-10,13-14,20-21,28H,2,7-8,11-12H2,1H3,(H,25,26,30);. The number of benzene rings is 2. The van der Waals surface area contributed by atoms with Crippen molar-refractivity contribution in [1.29, 1.82) is 0 Å². The zero-order valence-corrected chi connectivity index (χ0v) is 21.6. The molecule has 2 aromatic carbocycles. The van der Waals surface area contributed by atoms with Gasteiger partial charge in [-0.3, -0.25) is 9.36 Å². The second kappa shape index (κ2) is 9.61. The van der Waals surface area contributed by atoms with Crippen LogP contribution in [0.15, 0.2) is 47.2 Å². The number of aliphatic hydroxyl groups is 1. The van der Waals surface area contributed by atoms with Crippen LogP contribution in [0, 0.1) is 17.7 Å². The molecule has 2 N–H and O–H groups in total. The molecule has 1 fully saturated rings. The Morgan fingerprint density at radius 3 is 2.76 bits per heavy atom. The van der Waals surface area contributed by atoms with Gasteiger partial charge < -0.3 is 19.8 Å². The monoisotopic (exact) mass is 480 g/mol. The van der Waals surface area contributed by atoms with E-state index in [1.54, 1.807) is 36.1 Å². The molecule has 3 aliphatic rings. The van der Waals surface area contributed by atoms with Crippen LogP contribution in [0.1, 0.15) is 37.9 Å². The first-order valence-corrected chi connectivity index (χ1v) is 12.5. The van der Waals surface area contributed by atoms with E-state index in [-0.39, 0.29) is 47.9 Å². The van der Waals surface area contributed by atoms with Gasteiger partial charge in [-0.25, -0.2) is 4.39 Å². The van der Waals surface area contributed by atoms with Gasteiger partial charge in [0.05, 0.1) is 23.7 Å². The molecule has 2 heterocycles. The third-order valence-electron chi connectivity index (χ3n) is 6.21. The Hall–Kier alpha value is -1.54. The van der Waals surface area contributed by atoms with E-state index in [2.05, 4.69) is 10.1 Å². The Morgan fingerprint density at radius 1 is 1.27 bits per heavy atom. The van der Waals surface area contributed by atoms with Crippen LogP contribution in [0.4, 0.5) is 15.8 Å². The number of halogens is 1. The minimum Gasteiger partial charge on any atom is -0.387 e. The minimum absolute atomic E-state index is 0. The Labute approximate surface area is 214 Å². The fourth-order valence-electron chi connectivity index (χ4n) is 4.42. The average molecular weight is 480 g/mol. The molecule has 7 nitrogen and oxygen atoms in total. The summed E-state index contributed by atoms with van der Waals surface area (Å²) in [4.78, 5) is 15.2. The van der Waals surface area contributed by atoms with Crippen LogP contribution in [-0.2, 0) is 13.9 Å². The Balaban J connectivity index is 0.00000259. The van der Waals surface area contributed by atoms with E-state index >= 15 is 0 Å². The topological polar surface area (TPSA) is 91.2 Å². The molecular formula is C23H25FN3NaO4P. The fourth-order valence-corrected chi connectivity index (χ4v) is 6.24. The number of anilines is 2. The number of aliphatic hydroxyl groups excluding tert-OH is 1. The van der Waals surface area contributed by atoms with Gasteiger partial charge in [0.25, 0.3) is 0 Å². The van der Waals surface area contributed by atoms with Crippen LogP contribution >= 0.6 is 7.52 Å². The summed E-state index contributed by atoms with van der Waals surface area (Å²) >= 11 is 0. The van der Waals surface area contributed by atoms with E-state index in [0.29, 0.717) is 34.7 Å². The molecule has 169 valence electrons. The molecule has 33 heavy (non-hydrogen) atoms. The summed E-state index contributed by atoms with van der Waals surface area (Å²) in [6.07, 6.45) is 1.79. The molecule has 3 unspecified atom stereocenters. The van der Waals surface area contributed by atoms with Gasteiger partial charge in [0.1, 0.15) is 17.6 Å². The van der Waals surface area contributed by atoms with Gasteiger partial charge in [0.2, 0.25) is 5.91 Å². The maximum absolute atomic E-state index is 14.1. The first-order valence-electron chi connectivity index (χ1n) is 10.9. The Morgan fingerprint density at radius 2 is 2.03 bits per heavy atom. The number of carbonyl (C=O) groups is 1. The van der Waals surface area contributed by atoms with E-state index in [1.807, 2.05) is 0 Å². The first-order chi connectivity index (χ1) is 15.4. The normalized spacial score (nSPS) is 26.0. The third kappa shape index (κ3) is 4.57. The van der Waals surface area contributed by atoms with Crippen LogP contribution in [0.2, 0.25) is 0 Å². The van der Waals surface area contributed by atoms with E-state index in [4.69, 9.17) is 4.52 Å². The number of nitrogens with zero attached hydrogens (tertiary/aromatic N) is 2. The number of carbonyl (C=O) groups excluding carboxylic acids is 1. The second-order valence-electron chi connectivity index (χ2n) is 8.41. The van der Waals surface area contributed by atoms with Gasteiger partial charge in [-0.1, -0.05) is 25.0 Å². The predicted molar refractivity (Wildman–Crippen MR) is 127 cm³/mol. The third-order valence-corrected chi connectivity index (χ3v) is 8.30. The number of hydrogen-bond donors (Lipinski definition) is 2. The molecule has 2 aliphatic heterocycles. The number of hydrogen-bond acceptors (Lipinski definition) is 5. The number of nitrogens with one attached hydrogen (secondary N) is 1. The van der Waals surface area contributed by atoms with Crippen molar-refractivity contribution in [2.45, 2.75) is 32.3 Å². The van der Waals surface area contributed by atoms with Gasteiger partial charge in [0, 0.05) is 47.4 Å². The first kappa shape index (κ1) is 24.6. The van der Waals surface area contributed by atoms with Crippen LogP contribution in [0.5, 0.6) is 0 Å². The molecule has 1 amide bonds. The fraction of sp³-hybridized carbons (Fsp3) is 0.391.